The molecule has 2 aromatic heterocycles. The zero-order chi connectivity index (χ0) is 17.4. The Labute approximate surface area is 138 Å². The molecule has 0 unspecified atom stereocenters. The third kappa shape index (κ3) is 4.48. The predicted octanol–water partition coefficient (Wildman–Crippen LogP) is 1.19. The molecular formula is C12H18N6O3S2. The fraction of sp³-hybridized carbons (Fsp3) is 0.500. The van der Waals surface area contributed by atoms with Crippen LogP contribution in [0.4, 0.5) is 10.3 Å². The molecule has 0 aliphatic carbocycles. The lowest BCUT2D eigenvalue weighted by Crippen LogP contribution is -2.20. The Hall–Kier alpha value is -2.01. The van der Waals surface area contributed by atoms with E-state index in [-0.39, 0.29) is 21.6 Å². The number of carbonyl (C=O) groups excluding carboxylic acids is 1. The third-order valence-electron chi connectivity index (χ3n) is 2.70. The van der Waals surface area contributed by atoms with Gasteiger partial charge in [-0.2, -0.15) is 5.10 Å². The molecule has 0 aromatic carbocycles. The van der Waals surface area contributed by atoms with Crippen molar-refractivity contribution in [3.63, 3.8) is 0 Å². The number of anilines is 2. The number of amides is 1. The molecule has 9 nitrogen and oxygen atoms in total. The first-order valence-electron chi connectivity index (χ1n) is 6.62. The summed E-state index contributed by atoms with van der Waals surface area (Å²) in [5.41, 5.74) is 0.808. The van der Waals surface area contributed by atoms with Gasteiger partial charge in [-0.05, 0) is 0 Å². The summed E-state index contributed by atoms with van der Waals surface area (Å²) < 4.78 is 26.1. The first-order chi connectivity index (χ1) is 10.5. The number of hydrogen-bond donors (Lipinski definition) is 2. The van der Waals surface area contributed by atoms with Crippen molar-refractivity contribution in [2.24, 2.45) is 7.05 Å². The summed E-state index contributed by atoms with van der Waals surface area (Å²) in [7, 11) is -1.69. The fourth-order valence-corrected chi connectivity index (χ4v) is 3.32. The van der Waals surface area contributed by atoms with Crippen LogP contribution >= 0.6 is 11.3 Å². The number of aromatic nitrogens is 4. The molecule has 0 aliphatic heterocycles. The Morgan fingerprint density at radius 2 is 1.87 bits per heavy atom. The minimum absolute atomic E-state index is 0.0880. The SMILES string of the molecule is Cn1cc(C(=O)Nc2nnc(NS(C)(=O)=O)s2)c(C(C)(C)C)n1. The fourth-order valence-electron chi connectivity index (χ4n) is 1.85. The van der Waals surface area contributed by atoms with Gasteiger partial charge in [-0.25, -0.2) is 8.42 Å². The van der Waals surface area contributed by atoms with Crippen LogP contribution in [0.15, 0.2) is 6.20 Å². The topological polar surface area (TPSA) is 119 Å². The maximum atomic E-state index is 12.4. The van der Waals surface area contributed by atoms with Gasteiger partial charge in [0.25, 0.3) is 5.91 Å². The molecule has 11 heteroatoms. The van der Waals surface area contributed by atoms with Crippen LogP contribution in [-0.2, 0) is 22.5 Å². The van der Waals surface area contributed by atoms with E-state index in [1.165, 1.54) is 0 Å². The van der Waals surface area contributed by atoms with Crippen molar-refractivity contribution in [3.8, 4) is 0 Å². The predicted molar refractivity (Wildman–Crippen MR) is 88.2 cm³/mol. The summed E-state index contributed by atoms with van der Waals surface area (Å²) in [4.78, 5) is 12.4. The lowest BCUT2D eigenvalue weighted by Gasteiger charge is -2.16. The lowest BCUT2D eigenvalue weighted by molar-refractivity contribution is 0.102. The summed E-state index contributed by atoms with van der Waals surface area (Å²) in [6, 6.07) is 0. The molecule has 2 aromatic rings. The highest BCUT2D eigenvalue weighted by Crippen LogP contribution is 2.26. The largest absolute Gasteiger partial charge is 0.296 e. The van der Waals surface area contributed by atoms with Gasteiger partial charge in [0.05, 0.1) is 17.5 Å². The Bertz CT molecular complexity index is 831. The minimum atomic E-state index is -3.44. The Kier molecular flexibility index (Phi) is 4.44. The Morgan fingerprint density at radius 3 is 2.43 bits per heavy atom. The molecule has 0 aliphatic rings. The van der Waals surface area contributed by atoms with E-state index in [4.69, 9.17) is 0 Å². The molecule has 2 heterocycles. The van der Waals surface area contributed by atoms with E-state index < -0.39 is 10.0 Å². The van der Waals surface area contributed by atoms with Gasteiger partial charge < -0.3 is 0 Å². The summed E-state index contributed by atoms with van der Waals surface area (Å²) in [6.45, 7) is 5.89. The number of nitrogens with zero attached hydrogens (tertiary/aromatic N) is 4. The molecule has 0 spiro atoms. The van der Waals surface area contributed by atoms with Crippen LogP contribution in [0, 0.1) is 0 Å². The zero-order valence-corrected chi connectivity index (χ0v) is 15.0. The molecule has 0 saturated carbocycles. The van der Waals surface area contributed by atoms with Gasteiger partial charge in [0.15, 0.2) is 0 Å². The van der Waals surface area contributed by atoms with Gasteiger partial charge in [-0.3, -0.25) is 19.5 Å². The molecule has 23 heavy (non-hydrogen) atoms. The van der Waals surface area contributed by atoms with Crippen LogP contribution in [-0.4, -0.2) is 40.6 Å². The molecule has 0 saturated heterocycles. The molecule has 2 rings (SSSR count). The first kappa shape index (κ1) is 17.3. The highest BCUT2D eigenvalue weighted by atomic mass is 32.2. The Morgan fingerprint density at radius 1 is 1.26 bits per heavy atom. The number of sulfonamides is 1. The number of nitrogens with one attached hydrogen (secondary N) is 2. The van der Waals surface area contributed by atoms with E-state index in [1.54, 1.807) is 17.9 Å². The molecule has 126 valence electrons. The maximum Gasteiger partial charge on any atom is 0.260 e. The summed E-state index contributed by atoms with van der Waals surface area (Å²) >= 11 is 0.931. The van der Waals surface area contributed by atoms with E-state index in [9.17, 15) is 13.2 Å². The normalized spacial score (nSPS) is 12.2. The van der Waals surface area contributed by atoms with Crippen LogP contribution < -0.4 is 10.0 Å². The van der Waals surface area contributed by atoms with Gasteiger partial charge in [0, 0.05) is 18.7 Å². The molecule has 0 radical (unpaired) electrons. The van der Waals surface area contributed by atoms with Crippen molar-refractivity contribution in [1.29, 1.82) is 0 Å². The molecular weight excluding hydrogens is 340 g/mol. The quantitative estimate of drug-likeness (QED) is 0.847. The number of rotatable bonds is 4. The second-order valence-electron chi connectivity index (χ2n) is 6.06. The summed E-state index contributed by atoms with van der Waals surface area (Å²) in [6.07, 6.45) is 2.64. The number of aryl methyl sites for hydroxylation is 1. The smallest absolute Gasteiger partial charge is 0.260 e. The standard InChI is InChI=1S/C12H18N6O3S2/c1-12(2,3)8-7(6-18(4)16-8)9(19)13-10-14-15-11(22-10)17-23(5,20)21/h6H,1-5H3,(H,15,17)(H,13,14,19). The minimum Gasteiger partial charge on any atom is -0.296 e. The van der Waals surface area contributed by atoms with Gasteiger partial charge >= 0.3 is 0 Å². The maximum absolute atomic E-state index is 12.4. The van der Waals surface area contributed by atoms with Crippen LogP contribution in [0.2, 0.25) is 0 Å². The number of carbonyl (C=O) groups is 1. The summed E-state index contributed by atoms with van der Waals surface area (Å²) in [5, 5.41) is 14.6. The first-order valence-corrected chi connectivity index (χ1v) is 9.33. The molecule has 0 bridgehead atoms. The van der Waals surface area contributed by atoms with Crippen molar-refractivity contribution in [3.05, 3.63) is 17.5 Å². The van der Waals surface area contributed by atoms with Crippen LogP contribution in [0.3, 0.4) is 0 Å². The lowest BCUT2D eigenvalue weighted by atomic mass is 9.89. The molecule has 1 amide bonds. The Balaban J connectivity index is 2.20. The van der Waals surface area contributed by atoms with E-state index in [0.29, 0.717) is 11.3 Å². The van der Waals surface area contributed by atoms with Crippen LogP contribution in [0.5, 0.6) is 0 Å². The van der Waals surface area contributed by atoms with Crippen molar-refractivity contribution in [2.75, 3.05) is 16.3 Å². The van der Waals surface area contributed by atoms with Gasteiger partial charge in [-0.1, -0.05) is 32.1 Å². The van der Waals surface area contributed by atoms with E-state index >= 15 is 0 Å². The van der Waals surface area contributed by atoms with Crippen LogP contribution in [0.1, 0.15) is 36.8 Å². The van der Waals surface area contributed by atoms with Crippen molar-refractivity contribution in [2.45, 2.75) is 26.2 Å². The highest BCUT2D eigenvalue weighted by Gasteiger charge is 2.26. The van der Waals surface area contributed by atoms with Crippen molar-refractivity contribution in [1.82, 2.24) is 20.0 Å². The van der Waals surface area contributed by atoms with E-state index in [1.807, 2.05) is 20.8 Å². The zero-order valence-electron chi connectivity index (χ0n) is 13.4. The number of hydrogen-bond acceptors (Lipinski definition) is 7. The van der Waals surface area contributed by atoms with E-state index in [2.05, 4.69) is 25.3 Å². The third-order valence-corrected chi connectivity index (χ3v) is 4.15. The van der Waals surface area contributed by atoms with Gasteiger partial charge in [0.2, 0.25) is 20.3 Å². The van der Waals surface area contributed by atoms with Gasteiger partial charge in [-0.15, -0.1) is 10.2 Å². The summed E-state index contributed by atoms with van der Waals surface area (Å²) in [5.74, 6) is -0.370. The average molecular weight is 358 g/mol. The van der Waals surface area contributed by atoms with Crippen molar-refractivity contribution >= 4 is 37.5 Å². The van der Waals surface area contributed by atoms with E-state index in [0.717, 1.165) is 17.6 Å². The van der Waals surface area contributed by atoms with Gasteiger partial charge in [0.1, 0.15) is 0 Å². The molecule has 0 atom stereocenters. The second kappa shape index (κ2) is 5.89. The monoisotopic (exact) mass is 358 g/mol. The van der Waals surface area contributed by atoms with Crippen molar-refractivity contribution < 1.29 is 13.2 Å². The second-order valence-corrected chi connectivity index (χ2v) is 8.78. The highest BCUT2D eigenvalue weighted by molar-refractivity contribution is 7.92. The molecule has 0 fully saturated rings. The van der Waals surface area contributed by atoms with Crippen LogP contribution in [0.25, 0.3) is 0 Å². The average Bonchev–Trinajstić information content (AvgIpc) is 2.93. The molecule has 2 N–H and O–H groups in total.